The summed E-state index contributed by atoms with van der Waals surface area (Å²) in [7, 11) is 0. The molecule has 2 aromatic carbocycles. The molecule has 0 heterocycles. The molecule has 1 atom stereocenters. The van der Waals surface area contributed by atoms with Crippen molar-refractivity contribution in [3.8, 4) is 0 Å². The summed E-state index contributed by atoms with van der Waals surface area (Å²) < 4.78 is 12.7. The summed E-state index contributed by atoms with van der Waals surface area (Å²) in [6.07, 6.45) is -0.648. The molecule has 0 aromatic heterocycles. The van der Waals surface area contributed by atoms with E-state index in [1.807, 2.05) is 0 Å². The number of thioether (sulfide) groups is 1. The zero-order valence-electron chi connectivity index (χ0n) is 9.82. The quantitative estimate of drug-likeness (QED) is 0.805. The average molecular weight is 317 g/mol. The molecule has 100 valence electrons. The molecule has 1 unspecified atom stereocenters. The van der Waals surface area contributed by atoms with Crippen LogP contribution in [-0.2, 0) is 0 Å². The first-order chi connectivity index (χ1) is 9.06. The Kier molecular flexibility index (Phi) is 5.11. The lowest BCUT2D eigenvalue weighted by molar-refractivity contribution is 0.204. The fourth-order valence-corrected chi connectivity index (χ4v) is 2.70. The Labute approximate surface area is 125 Å². The van der Waals surface area contributed by atoms with E-state index >= 15 is 0 Å². The summed E-state index contributed by atoms with van der Waals surface area (Å²) in [5.74, 6) is 0.193. The van der Waals surface area contributed by atoms with E-state index in [-0.39, 0.29) is 5.82 Å². The zero-order valence-corrected chi connectivity index (χ0v) is 12.1. The Morgan fingerprint density at radius 2 is 1.74 bits per heavy atom. The molecule has 1 N–H and O–H groups in total. The van der Waals surface area contributed by atoms with Gasteiger partial charge in [-0.05, 0) is 42.0 Å². The van der Waals surface area contributed by atoms with Crippen LogP contribution in [0.3, 0.4) is 0 Å². The molecule has 0 radical (unpaired) electrons. The van der Waals surface area contributed by atoms with Crippen LogP contribution >= 0.6 is 35.0 Å². The molecule has 0 aliphatic carbocycles. The lowest BCUT2D eigenvalue weighted by Crippen LogP contribution is -2.00. The second-order valence-electron chi connectivity index (χ2n) is 3.95. The molecule has 0 spiro atoms. The van der Waals surface area contributed by atoms with Gasteiger partial charge in [-0.3, -0.25) is 0 Å². The van der Waals surface area contributed by atoms with Crippen molar-refractivity contribution in [2.24, 2.45) is 0 Å². The van der Waals surface area contributed by atoms with Crippen molar-refractivity contribution < 1.29 is 9.50 Å². The highest BCUT2D eigenvalue weighted by molar-refractivity contribution is 7.99. The Morgan fingerprint density at radius 3 is 2.37 bits per heavy atom. The molecule has 5 heteroatoms. The molecule has 19 heavy (non-hydrogen) atoms. The van der Waals surface area contributed by atoms with Gasteiger partial charge in [0.15, 0.2) is 0 Å². The largest absolute Gasteiger partial charge is 0.388 e. The van der Waals surface area contributed by atoms with Gasteiger partial charge in [-0.15, -0.1) is 11.8 Å². The third kappa shape index (κ3) is 4.11. The van der Waals surface area contributed by atoms with Crippen LogP contribution in [-0.4, -0.2) is 10.9 Å². The van der Waals surface area contributed by atoms with Crippen molar-refractivity contribution in [3.05, 3.63) is 63.9 Å². The third-order valence-electron chi connectivity index (χ3n) is 2.55. The van der Waals surface area contributed by atoms with Crippen molar-refractivity contribution in [3.63, 3.8) is 0 Å². The number of hydrogen-bond acceptors (Lipinski definition) is 2. The normalized spacial score (nSPS) is 12.4. The van der Waals surface area contributed by atoms with Crippen LogP contribution in [0.1, 0.15) is 11.7 Å². The zero-order chi connectivity index (χ0) is 13.8. The fraction of sp³-hybridized carbons (Fsp3) is 0.143. The van der Waals surface area contributed by atoms with Gasteiger partial charge in [-0.25, -0.2) is 4.39 Å². The maximum atomic E-state index is 12.7. The topological polar surface area (TPSA) is 20.2 Å². The Bertz CT molecular complexity index is 560. The Hall–Kier alpha value is -0.740. The smallest absolute Gasteiger partial charge is 0.123 e. The maximum Gasteiger partial charge on any atom is 0.123 e. The Balaban J connectivity index is 1.98. The number of aliphatic hydroxyl groups is 1. The Morgan fingerprint density at radius 1 is 1.05 bits per heavy atom. The van der Waals surface area contributed by atoms with E-state index in [0.717, 1.165) is 4.90 Å². The van der Waals surface area contributed by atoms with Gasteiger partial charge in [0, 0.05) is 10.6 Å². The summed E-state index contributed by atoms with van der Waals surface area (Å²) in [5.41, 5.74) is 0.712. The highest BCUT2D eigenvalue weighted by Crippen LogP contribution is 2.29. The summed E-state index contributed by atoms with van der Waals surface area (Å²) in [6, 6.07) is 11.2. The van der Waals surface area contributed by atoms with Crippen LogP contribution in [0, 0.1) is 5.82 Å². The maximum absolute atomic E-state index is 12.7. The van der Waals surface area contributed by atoms with Gasteiger partial charge in [0.05, 0.1) is 16.1 Å². The molecule has 2 aromatic rings. The molecular weight excluding hydrogens is 306 g/mol. The van der Waals surface area contributed by atoms with Crippen molar-refractivity contribution in [1.29, 1.82) is 0 Å². The summed E-state index contributed by atoms with van der Waals surface area (Å²) in [5, 5.41) is 10.9. The number of rotatable bonds is 4. The molecule has 0 saturated carbocycles. The SMILES string of the molecule is OC(CSc1ccc(F)cc1)c1ccc(Cl)c(Cl)c1. The first-order valence-electron chi connectivity index (χ1n) is 5.57. The van der Waals surface area contributed by atoms with Crippen LogP contribution in [0.15, 0.2) is 47.4 Å². The molecule has 0 aliphatic heterocycles. The minimum absolute atomic E-state index is 0.269. The van der Waals surface area contributed by atoms with Crippen molar-refractivity contribution in [1.82, 2.24) is 0 Å². The summed E-state index contributed by atoms with van der Waals surface area (Å²) in [6.45, 7) is 0. The van der Waals surface area contributed by atoms with Crippen molar-refractivity contribution in [2.45, 2.75) is 11.0 Å². The average Bonchev–Trinajstić information content (AvgIpc) is 2.41. The predicted molar refractivity (Wildman–Crippen MR) is 78.5 cm³/mol. The van der Waals surface area contributed by atoms with Crippen molar-refractivity contribution in [2.75, 3.05) is 5.75 Å². The van der Waals surface area contributed by atoms with Gasteiger partial charge in [-0.1, -0.05) is 29.3 Å². The van der Waals surface area contributed by atoms with Crippen LogP contribution in [0.4, 0.5) is 4.39 Å². The van der Waals surface area contributed by atoms with Gasteiger partial charge in [-0.2, -0.15) is 0 Å². The molecule has 0 aliphatic rings. The minimum atomic E-state index is -0.648. The second-order valence-corrected chi connectivity index (χ2v) is 5.86. The molecule has 2 rings (SSSR count). The van der Waals surface area contributed by atoms with Crippen LogP contribution < -0.4 is 0 Å². The minimum Gasteiger partial charge on any atom is -0.388 e. The van der Waals surface area contributed by atoms with Gasteiger partial charge in [0.1, 0.15) is 5.82 Å². The molecule has 0 bridgehead atoms. The van der Waals surface area contributed by atoms with Crippen LogP contribution in [0.2, 0.25) is 10.0 Å². The molecule has 1 nitrogen and oxygen atoms in total. The lowest BCUT2D eigenvalue weighted by Gasteiger charge is -2.11. The van der Waals surface area contributed by atoms with E-state index in [1.54, 1.807) is 30.3 Å². The van der Waals surface area contributed by atoms with Crippen molar-refractivity contribution >= 4 is 35.0 Å². The predicted octanol–water partition coefficient (Wildman–Crippen LogP) is 4.96. The van der Waals surface area contributed by atoms with E-state index in [2.05, 4.69) is 0 Å². The third-order valence-corrected chi connectivity index (χ3v) is 4.38. The summed E-state index contributed by atoms with van der Waals surface area (Å²) >= 11 is 13.2. The van der Waals surface area contributed by atoms with Crippen LogP contribution in [0.5, 0.6) is 0 Å². The number of benzene rings is 2. The monoisotopic (exact) mass is 316 g/mol. The van der Waals surface area contributed by atoms with E-state index in [0.29, 0.717) is 21.4 Å². The highest BCUT2D eigenvalue weighted by atomic mass is 35.5. The lowest BCUT2D eigenvalue weighted by atomic mass is 10.1. The van der Waals surface area contributed by atoms with Gasteiger partial charge < -0.3 is 5.11 Å². The molecular formula is C14H11Cl2FOS. The first kappa shape index (κ1) is 14.7. The second kappa shape index (κ2) is 6.62. The van der Waals surface area contributed by atoms with Crippen LogP contribution in [0.25, 0.3) is 0 Å². The fourth-order valence-electron chi connectivity index (χ4n) is 1.52. The van der Waals surface area contributed by atoms with E-state index in [1.165, 1.54) is 23.9 Å². The van der Waals surface area contributed by atoms with E-state index in [4.69, 9.17) is 23.2 Å². The first-order valence-corrected chi connectivity index (χ1v) is 7.32. The van der Waals surface area contributed by atoms with E-state index in [9.17, 15) is 9.50 Å². The van der Waals surface area contributed by atoms with Gasteiger partial charge >= 0.3 is 0 Å². The number of halogens is 3. The number of aliphatic hydroxyl groups excluding tert-OH is 1. The molecule has 0 saturated heterocycles. The van der Waals surface area contributed by atoms with Gasteiger partial charge in [0.25, 0.3) is 0 Å². The molecule has 0 fully saturated rings. The standard InChI is InChI=1S/C14H11Cl2FOS/c15-12-6-1-9(7-13(12)16)14(18)8-19-11-4-2-10(17)3-5-11/h1-7,14,18H,8H2. The van der Waals surface area contributed by atoms with Gasteiger partial charge in [0.2, 0.25) is 0 Å². The molecule has 0 amide bonds. The summed E-state index contributed by atoms with van der Waals surface area (Å²) in [4.78, 5) is 0.903. The van der Waals surface area contributed by atoms with E-state index < -0.39 is 6.10 Å². The highest BCUT2D eigenvalue weighted by Gasteiger charge is 2.10. The number of hydrogen-bond donors (Lipinski definition) is 1.